The molecule has 0 unspecified atom stereocenters. The standard InChI is InChI=1S/C19H28N4O/c1-5-6-9-22-10-11-23-16-8-7-14(20-18(24)19(2,3)4)12-15(16)21-17(23)13-22/h7-8,12H,5-6,9-11,13H2,1-4H3,(H,20,24). The predicted molar refractivity (Wildman–Crippen MR) is 98.0 cm³/mol. The molecule has 130 valence electrons. The van der Waals surface area contributed by atoms with Crippen LogP contribution >= 0.6 is 0 Å². The second-order valence-electron chi connectivity index (χ2n) is 7.72. The van der Waals surface area contributed by atoms with Gasteiger partial charge in [-0.05, 0) is 31.2 Å². The number of unbranched alkanes of at least 4 members (excludes halogenated alkanes) is 1. The minimum absolute atomic E-state index is 0.0246. The second kappa shape index (κ2) is 6.55. The molecular weight excluding hydrogens is 300 g/mol. The zero-order valence-electron chi connectivity index (χ0n) is 15.2. The number of imidazole rings is 1. The SMILES string of the molecule is CCCCN1CCn2c(nc3cc(NC(=O)C(C)(C)C)ccc32)C1. The van der Waals surface area contributed by atoms with E-state index < -0.39 is 5.41 Å². The van der Waals surface area contributed by atoms with E-state index in [1.165, 1.54) is 12.8 Å². The molecule has 0 spiro atoms. The van der Waals surface area contributed by atoms with Gasteiger partial charge in [-0.15, -0.1) is 0 Å². The van der Waals surface area contributed by atoms with Gasteiger partial charge in [0, 0.05) is 24.2 Å². The third kappa shape index (κ3) is 3.46. The number of anilines is 1. The second-order valence-corrected chi connectivity index (χ2v) is 7.72. The molecule has 1 aromatic carbocycles. The number of benzene rings is 1. The average Bonchev–Trinajstić information content (AvgIpc) is 2.88. The average molecular weight is 328 g/mol. The Kier molecular flexibility index (Phi) is 4.63. The molecule has 5 nitrogen and oxygen atoms in total. The van der Waals surface area contributed by atoms with Gasteiger partial charge in [0.15, 0.2) is 0 Å². The maximum Gasteiger partial charge on any atom is 0.229 e. The Morgan fingerprint density at radius 1 is 1.29 bits per heavy atom. The molecule has 0 aliphatic carbocycles. The number of amides is 1. The molecule has 0 saturated heterocycles. The fraction of sp³-hybridized carbons (Fsp3) is 0.579. The molecule has 5 heteroatoms. The minimum atomic E-state index is -0.401. The van der Waals surface area contributed by atoms with Crippen LogP contribution in [0.25, 0.3) is 11.0 Å². The topological polar surface area (TPSA) is 50.2 Å². The quantitative estimate of drug-likeness (QED) is 0.932. The van der Waals surface area contributed by atoms with Crippen molar-refractivity contribution in [3.8, 4) is 0 Å². The van der Waals surface area contributed by atoms with E-state index in [2.05, 4.69) is 27.8 Å². The summed E-state index contributed by atoms with van der Waals surface area (Å²) in [5.41, 5.74) is 2.55. The monoisotopic (exact) mass is 328 g/mol. The zero-order chi connectivity index (χ0) is 17.3. The first-order valence-corrected chi connectivity index (χ1v) is 8.91. The lowest BCUT2D eigenvalue weighted by atomic mass is 9.95. The van der Waals surface area contributed by atoms with Crippen molar-refractivity contribution in [1.29, 1.82) is 0 Å². The summed E-state index contributed by atoms with van der Waals surface area (Å²) in [6, 6.07) is 6.04. The van der Waals surface area contributed by atoms with Gasteiger partial charge in [0.05, 0.1) is 17.6 Å². The highest BCUT2D eigenvalue weighted by Gasteiger charge is 2.22. The van der Waals surface area contributed by atoms with Crippen LogP contribution in [0.2, 0.25) is 0 Å². The number of aromatic nitrogens is 2. The first-order chi connectivity index (χ1) is 11.4. The van der Waals surface area contributed by atoms with Crippen LogP contribution in [0.1, 0.15) is 46.4 Å². The molecule has 3 rings (SSSR count). The van der Waals surface area contributed by atoms with Crippen molar-refractivity contribution in [3.05, 3.63) is 24.0 Å². The molecule has 1 aliphatic heterocycles. The van der Waals surface area contributed by atoms with E-state index in [1.54, 1.807) is 0 Å². The number of carbonyl (C=O) groups is 1. The van der Waals surface area contributed by atoms with Gasteiger partial charge in [-0.1, -0.05) is 34.1 Å². The lowest BCUT2D eigenvalue weighted by Crippen LogP contribution is -2.34. The summed E-state index contributed by atoms with van der Waals surface area (Å²) in [4.78, 5) is 19.5. The maximum atomic E-state index is 12.2. The molecule has 1 aromatic heterocycles. The van der Waals surface area contributed by atoms with Crippen LogP contribution in [0.15, 0.2) is 18.2 Å². The first-order valence-electron chi connectivity index (χ1n) is 8.91. The summed E-state index contributed by atoms with van der Waals surface area (Å²) >= 11 is 0. The largest absolute Gasteiger partial charge is 0.326 e. The highest BCUT2D eigenvalue weighted by Crippen LogP contribution is 2.25. The van der Waals surface area contributed by atoms with Gasteiger partial charge in [-0.2, -0.15) is 0 Å². The molecule has 0 bridgehead atoms. The number of hydrogen-bond donors (Lipinski definition) is 1. The van der Waals surface area contributed by atoms with E-state index in [0.717, 1.165) is 48.7 Å². The predicted octanol–water partition coefficient (Wildman–Crippen LogP) is 3.64. The first kappa shape index (κ1) is 17.0. The van der Waals surface area contributed by atoms with Crippen molar-refractivity contribution in [3.63, 3.8) is 0 Å². The van der Waals surface area contributed by atoms with Crippen LogP contribution in [0, 0.1) is 5.41 Å². The molecule has 2 heterocycles. The van der Waals surface area contributed by atoms with E-state index in [4.69, 9.17) is 4.98 Å². The van der Waals surface area contributed by atoms with Crippen LogP contribution in [-0.4, -0.2) is 33.4 Å². The number of hydrogen-bond acceptors (Lipinski definition) is 3. The highest BCUT2D eigenvalue weighted by molar-refractivity contribution is 5.96. The maximum absolute atomic E-state index is 12.2. The fourth-order valence-electron chi connectivity index (χ4n) is 3.04. The Labute approximate surface area is 144 Å². The molecule has 0 fully saturated rings. The Morgan fingerprint density at radius 3 is 2.79 bits per heavy atom. The van der Waals surface area contributed by atoms with Gasteiger partial charge in [0.1, 0.15) is 5.82 Å². The molecule has 2 aromatic rings. The van der Waals surface area contributed by atoms with E-state index in [9.17, 15) is 4.79 Å². The lowest BCUT2D eigenvalue weighted by Gasteiger charge is -2.27. The van der Waals surface area contributed by atoms with Crippen molar-refractivity contribution in [2.24, 2.45) is 5.41 Å². The summed E-state index contributed by atoms with van der Waals surface area (Å²) in [5, 5.41) is 2.99. The van der Waals surface area contributed by atoms with Gasteiger partial charge >= 0.3 is 0 Å². The zero-order valence-corrected chi connectivity index (χ0v) is 15.2. The molecule has 0 saturated carbocycles. The number of carbonyl (C=O) groups excluding carboxylic acids is 1. The summed E-state index contributed by atoms with van der Waals surface area (Å²) in [7, 11) is 0. The Hall–Kier alpha value is -1.88. The molecule has 0 radical (unpaired) electrons. The molecule has 24 heavy (non-hydrogen) atoms. The molecule has 1 N–H and O–H groups in total. The van der Waals surface area contributed by atoms with Gasteiger partial charge in [-0.25, -0.2) is 4.98 Å². The van der Waals surface area contributed by atoms with Crippen molar-refractivity contribution in [1.82, 2.24) is 14.5 Å². The van der Waals surface area contributed by atoms with E-state index >= 15 is 0 Å². The summed E-state index contributed by atoms with van der Waals surface area (Å²) < 4.78 is 2.31. The van der Waals surface area contributed by atoms with Crippen molar-refractivity contribution in [2.45, 2.75) is 53.6 Å². The van der Waals surface area contributed by atoms with Crippen molar-refractivity contribution >= 4 is 22.6 Å². The van der Waals surface area contributed by atoms with Crippen molar-refractivity contribution in [2.75, 3.05) is 18.4 Å². The molecule has 1 amide bonds. The fourth-order valence-corrected chi connectivity index (χ4v) is 3.04. The van der Waals surface area contributed by atoms with E-state index in [0.29, 0.717) is 0 Å². The van der Waals surface area contributed by atoms with E-state index in [-0.39, 0.29) is 5.91 Å². The number of rotatable bonds is 4. The number of nitrogens with one attached hydrogen (secondary N) is 1. The van der Waals surface area contributed by atoms with Crippen molar-refractivity contribution < 1.29 is 4.79 Å². The molecular formula is C19H28N4O. The van der Waals surface area contributed by atoms with Crippen LogP contribution < -0.4 is 5.32 Å². The smallest absolute Gasteiger partial charge is 0.229 e. The normalized spacial score (nSPS) is 15.5. The summed E-state index contributed by atoms with van der Waals surface area (Å²) in [6.07, 6.45) is 2.47. The number of nitrogens with zero attached hydrogens (tertiary/aromatic N) is 3. The van der Waals surface area contributed by atoms with Crippen LogP contribution in [0.3, 0.4) is 0 Å². The summed E-state index contributed by atoms with van der Waals surface area (Å²) in [6.45, 7) is 12.1. The minimum Gasteiger partial charge on any atom is -0.326 e. The van der Waals surface area contributed by atoms with Gasteiger partial charge < -0.3 is 9.88 Å². The third-order valence-electron chi connectivity index (χ3n) is 4.60. The van der Waals surface area contributed by atoms with Crippen LogP contribution in [0.4, 0.5) is 5.69 Å². The highest BCUT2D eigenvalue weighted by atomic mass is 16.2. The van der Waals surface area contributed by atoms with Crippen LogP contribution in [-0.2, 0) is 17.9 Å². The van der Waals surface area contributed by atoms with E-state index in [1.807, 2.05) is 32.9 Å². The Bertz CT molecular complexity index is 742. The third-order valence-corrected chi connectivity index (χ3v) is 4.60. The van der Waals surface area contributed by atoms with Crippen LogP contribution in [0.5, 0.6) is 0 Å². The summed E-state index contributed by atoms with van der Waals surface area (Å²) in [5.74, 6) is 1.16. The molecule has 1 aliphatic rings. The Morgan fingerprint density at radius 2 is 2.08 bits per heavy atom. The Balaban J connectivity index is 1.81. The lowest BCUT2D eigenvalue weighted by molar-refractivity contribution is -0.123. The number of fused-ring (bicyclic) bond motifs is 3. The molecule has 0 atom stereocenters. The van der Waals surface area contributed by atoms with Gasteiger partial charge in [0.2, 0.25) is 5.91 Å². The van der Waals surface area contributed by atoms with Gasteiger partial charge in [0.25, 0.3) is 0 Å². The van der Waals surface area contributed by atoms with Gasteiger partial charge in [-0.3, -0.25) is 9.69 Å².